The van der Waals surface area contributed by atoms with E-state index in [0.29, 0.717) is 28.7 Å². The number of halogens is 1. The van der Waals surface area contributed by atoms with E-state index in [1.165, 1.54) is 10.9 Å². The van der Waals surface area contributed by atoms with Crippen LogP contribution in [0.5, 0.6) is 0 Å². The van der Waals surface area contributed by atoms with E-state index < -0.39 is 0 Å². The molecular weight excluding hydrogens is 335 g/mol. The standard InChI is InChI=1S/C18H15FN6O/c1-11-3-6-13(7-4-11)18-21-24-25(22-18)10-16-20-17(23-26-16)14-8-5-12(2)15(19)9-14/h3-9H,10H2,1-2H3. The van der Waals surface area contributed by atoms with E-state index in [9.17, 15) is 4.39 Å². The second-order valence-corrected chi connectivity index (χ2v) is 5.99. The Morgan fingerprint density at radius 1 is 1.00 bits per heavy atom. The van der Waals surface area contributed by atoms with E-state index in [-0.39, 0.29) is 12.4 Å². The van der Waals surface area contributed by atoms with Crippen LogP contribution >= 0.6 is 0 Å². The van der Waals surface area contributed by atoms with Gasteiger partial charge in [0.15, 0.2) is 0 Å². The normalized spacial score (nSPS) is 11.0. The molecule has 0 fully saturated rings. The lowest BCUT2D eigenvalue weighted by atomic mass is 10.1. The van der Waals surface area contributed by atoms with Crippen molar-refractivity contribution >= 4 is 0 Å². The van der Waals surface area contributed by atoms with E-state index in [2.05, 4.69) is 25.6 Å². The quantitative estimate of drug-likeness (QED) is 0.562. The molecule has 2 aromatic heterocycles. The maximum absolute atomic E-state index is 13.7. The Bertz CT molecular complexity index is 1050. The van der Waals surface area contributed by atoms with Crippen molar-refractivity contribution in [2.45, 2.75) is 20.4 Å². The second kappa shape index (κ2) is 6.47. The fraction of sp³-hybridized carbons (Fsp3) is 0.167. The van der Waals surface area contributed by atoms with Gasteiger partial charge in [-0.25, -0.2) is 4.39 Å². The first-order chi connectivity index (χ1) is 12.6. The highest BCUT2D eigenvalue weighted by Gasteiger charge is 2.13. The van der Waals surface area contributed by atoms with Gasteiger partial charge < -0.3 is 4.52 Å². The molecule has 0 unspecified atom stereocenters. The summed E-state index contributed by atoms with van der Waals surface area (Å²) < 4.78 is 18.9. The first kappa shape index (κ1) is 16.1. The molecule has 0 saturated carbocycles. The first-order valence-corrected chi connectivity index (χ1v) is 8.02. The zero-order valence-corrected chi connectivity index (χ0v) is 14.2. The van der Waals surface area contributed by atoms with Crippen LogP contribution in [0.25, 0.3) is 22.8 Å². The van der Waals surface area contributed by atoms with Gasteiger partial charge in [-0.15, -0.1) is 10.2 Å². The van der Waals surface area contributed by atoms with Crippen LogP contribution in [0, 0.1) is 19.7 Å². The molecule has 0 spiro atoms. The molecule has 2 aromatic carbocycles. The van der Waals surface area contributed by atoms with Gasteiger partial charge in [0.05, 0.1) is 0 Å². The van der Waals surface area contributed by atoms with Crippen LogP contribution in [-0.4, -0.2) is 30.3 Å². The number of hydrogen-bond acceptors (Lipinski definition) is 6. The molecule has 0 aliphatic rings. The van der Waals surface area contributed by atoms with Gasteiger partial charge in [0.2, 0.25) is 11.6 Å². The summed E-state index contributed by atoms with van der Waals surface area (Å²) in [4.78, 5) is 5.64. The van der Waals surface area contributed by atoms with Crippen LogP contribution in [0.2, 0.25) is 0 Å². The minimum absolute atomic E-state index is 0.181. The molecule has 0 aliphatic carbocycles. The third kappa shape index (κ3) is 3.21. The van der Waals surface area contributed by atoms with Crippen LogP contribution in [-0.2, 0) is 6.54 Å². The Morgan fingerprint density at radius 3 is 2.54 bits per heavy atom. The molecule has 130 valence electrons. The number of nitrogens with zero attached hydrogens (tertiary/aromatic N) is 6. The molecule has 0 bridgehead atoms. The summed E-state index contributed by atoms with van der Waals surface area (Å²) in [5, 5.41) is 16.3. The highest BCUT2D eigenvalue weighted by atomic mass is 19.1. The fourth-order valence-electron chi connectivity index (χ4n) is 2.42. The highest BCUT2D eigenvalue weighted by molar-refractivity contribution is 5.55. The molecule has 2 heterocycles. The topological polar surface area (TPSA) is 82.5 Å². The summed E-state index contributed by atoms with van der Waals surface area (Å²) in [5.41, 5.74) is 3.15. The average molecular weight is 350 g/mol. The summed E-state index contributed by atoms with van der Waals surface area (Å²) in [6, 6.07) is 12.7. The molecule has 4 aromatic rings. The van der Waals surface area contributed by atoms with E-state index in [1.54, 1.807) is 19.1 Å². The van der Waals surface area contributed by atoms with Crippen molar-refractivity contribution in [1.82, 2.24) is 30.3 Å². The zero-order valence-electron chi connectivity index (χ0n) is 14.2. The number of benzene rings is 2. The van der Waals surface area contributed by atoms with Gasteiger partial charge in [-0.05, 0) is 30.7 Å². The third-order valence-electron chi connectivity index (χ3n) is 3.94. The lowest BCUT2D eigenvalue weighted by Gasteiger charge is -1.97. The van der Waals surface area contributed by atoms with Crippen molar-refractivity contribution in [1.29, 1.82) is 0 Å². The summed E-state index contributed by atoms with van der Waals surface area (Å²) in [6.45, 7) is 3.89. The molecule has 7 nitrogen and oxygen atoms in total. The van der Waals surface area contributed by atoms with Gasteiger partial charge in [0.1, 0.15) is 12.4 Å². The minimum Gasteiger partial charge on any atom is -0.337 e. The number of aryl methyl sites for hydroxylation is 2. The Balaban J connectivity index is 1.52. The fourth-order valence-corrected chi connectivity index (χ4v) is 2.42. The van der Waals surface area contributed by atoms with E-state index in [0.717, 1.165) is 11.1 Å². The van der Waals surface area contributed by atoms with E-state index in [1.807, 2.05) is 31.2 Å². The van der Waals surface area contributed by atoms with Crippen LogP contribution in [0.3, 0.4) is 0 Å². The van der Waals surface area contributed by atoms with Crippen LogP contribution in [0.15, 0.2) is 47.0 Å². The number of rotatable bonds is 4. The van der Waals surface area contributed by atoms with Crippen molar-refractivity contribution < 1.29 is 8.91 Å². The molecule has 4 rings (SSSR count). The summed E-state index contributed by atoms with van der Waals surface area (Å²) in [7, 11) is 0. The predicted octanol–water partition coefficient (Wildman–Crippen LogP) is 3.19. The molecule has 0 aliphatic heterocycles. The van der Waals surface area contributed by atoms with Crippen molar-refractivity contribution in [2.75, 3.05) is 0 Å². The van der Waals surface area contributed by atoms with Crippen molar-refractivity contribution in [3.8, 4) is 22.8 Å². The summed E-state index contributed by atoms with van der Waals surface area (Å²) in [6.07, 6.45) is 0. The second-order valence-electron chi connectivity index (χ2n) is 5.99. The van der Waals surface area contributed by atoms with Crippen LogP contribution in [0.1, 0.15) is 17.0 Å². The summed E-state index contributed by atoms with van der Waals surface area (Å²) >= 11 is 0. The number of hydrogen-bond donors (Lipinski definition) is 0. The predicted molar refractivity (Wildman–Crippen MR) is 91.5 cm³/mol. The van der Waals surface area contributed by atoms with Crippen LogP contribution in [0.4, 0.5) is 4.39 Å². The Kier molecular flexibility index (Phi) is 4.00. The van der Waals surface area contributed by atoms with Crippen molar-refractivity contribution in [3.63, 3.8) is 0 Å². The molecule has 0 radical (unpaired) electrons. The molecule has 0 N–H and O–H groups in total. The Morgan fingerprint density at radius 2 is 1.77 bits per heavy atom. The van der Waals surface area contributed by atoms with Gasteiger partial charge in [-0.3, -0.25) is 0 Å². The zero-order chi connectivity index (χ0) is 18.1. The average Bonchev–Trinajstić information content (AvgIpc) is 3.28. The van der Waals surface area contributed by atoms with Gasteiger partial charge >= 0.3 is 0 Å². The molecule has 0 atom stereocenters. The first-order valence-electron chi connectivity index (χ1n) is 8.02. The SMILES string of the molecule is Cc1ccc(-c2nnn(Cc3nc(-c4ccc(C)c(F)c4)no3)n2)cc1. The minimum atomic E-state index is -0.311. The number of tetrazole rings is 1. The molecular formula is C18H15FN6O. The van der Waals surface area contributed by atoms with Gasteiger partial charge in [-0.1, -0.05) is 47.1 Å². The van der Waals surface area contributed by atoms with Crippen LogP contribution < -0.4 is 0 Å². The van der Waals surface area contributed by atoms with Gasteiger partial charge in [0.25, 0.3) is 5.89 Å². The lowest BCUT2D eigenvalue weighted by molar-refractivity contribution is 0.356. The Labute approximate surface area is 148 Å². The highest BCUT2D eigenvalue weighted by Crippen LogP contribution is 2.19. The van der Waals surface area contributed by atoms with Gasteiger partial charge in [-0.2, -0.15) is 9.78 Å². The third-order valence-corrected chi connectivity index (χ3v) is 3.94. The van der Waals surface area contributed by atoms with E-state index >= 15 is 0 Å². The van der Waals surface area contributed by atoms with E-state index in [4.69, 9.17) is 4.52 Å². The van der Waals surface area contributed by atoms with Gasteiger partial charge in [0, 0.05) is 11.1 Å². The van der Waals surface area contributed by atoms with Crippen molar-refractivity contribution in [3.05, 3.63) is 65.3 Å². The maximum atomic E-state index is 13.7. The Hall–Kier alpha value is -3.42. The monoisotopic (exact) mass is 350 g/mol. The maximum Gasteiger partial charge on any atom is 0.250 e. The lowest BCUT2D eigenvalue weighted by Crippen LogP contribution is -2.04. The number of aromatic nitrogens is 6. The summed E-state index contributed by atoms with van der Waals surface area (Å²) in [5.74, 6) is 0.839. The van der Waals surface area contributed by atoms with Crippen molar-refractivity contribution in [2.24, 2.45) is 0 Å². The molecule has 0 amide bonds. The largest absolute Gasteiger partial charge is 0.337 e. The molecule has 0 saturated heterocycles. The molecule has 8 heteroatoms. The molecule has 26 heavy (non-hydrogen) atoms. The smallest absolute Gasteiger partial charge is 0.250 e.